The van der Waals surface area contributed by atoms with Crippen molar-refractivity contribution in [2.75, 3.05) is 13.2 Å². The van der Waals surface area contributed by atoms with Crippen molar-refractivity contribution < 1.29 is 29.3 Å². The highest BCUT2D eigenvalue weighted by Gasteiger charge is 2.16. The first-order valence-corrected chi connectivity index (χ1v) is 11.5. The average molecular weight is 447 g/mol. The fourth-order valence-electron chi connectivity index (χ4n) is 2.76. The number of aromatic hydroxyl groups is 2. The van der Waals surface area contributed by atoms with Crippen LogP contribution in [0.15, 0.2) is 46.2 Å². The van der Waals surface area contributed by atoms with E-state index in [1.54, 1.807) is 0 Å². The van der Waals surface area contributed by atoms with Gasteiger partial charge in [-0.05, 0) is 49.2 Å². The van der Waals surface area contributed by atoms with Crippen LogP contribution in [0.2, 0.25) is 0 Å². The van der Waals surface area contributed by atoms with Gasteiger partial charge in [-0.3, -0.25) is 0 Å². The van der Waals surface area contributed by atoms with Crippen molar-refractivity contribution in [2.45, 2.75) is 62.2 Å². The molecule has 2 aromatic carbocycles. The summed E-state index contributed by atoms with van der Waals surface area (Å²) in [6, 6.07) is 8.83. The van der Waals surface area contributed by atoms with Crippen LogP contribution in [-0.2, 0) is 9.47 Å². The van der Waals surface area contributed by atoms with E-state index in [0.717, 1.165) is 50.3 Å². The highest BCUT2D eigenvalue weighted by molar-refractivity contribution is 7.99. The van der Waals surface area contributed by atoms with Gasteiger partial charge in [0.25, 0.3) is 0 Å². The zero-order valence-electron chi connectivity index (χ0n) is 18.1. The van der Waals surface area contributed by atoms with Crippen molar-refractivity contribution in [1.29, 1.82) is 0 Å². The number of unbranched alkanes of at least 4 members (excludes halogenated alkanes) is 4. The predicted octanol–water partition coefficient (Wildman–Crippen LogP) is 5.94. The minimum atomic E-state index is -0.466. The molecule has 168 valence electrons. The number of phenols is 2. The first-order chi connectivity index (χ1) is 15.0. The maximum atomic E-state index is 12.3. The Morgan fingerprint density at radius 3 is 1.55 bits per heavy atom. The molecule has 0 aromatic heterocycles. The van der Waals surface area contributed by atoms with Gasteiger partial charge in [0.15, 0.2) is 0 Å². The van der Waals surface area contributed by atoms with Crippen molar-refractivity contribution in [3.63, 3.8) is 0 Å². The third-order valence-electron chi connectivity index (χ3n) is 4.57. The number of esters is 2. The Kier molecular flexibility index (Phi) is 10.2. The van der Waals surface area contributed by atoms with Crippen molar-refractivity contribution in [3.8, 4) is 11.5 Å². The molecule has 0 radical (unpaired) electrons. The number of hydrogen-bond donors (Lipinski definition) is 2. The molecule has 0 heterocycles. The van der Waals surface area contributed by atoms with Gasteiger partial charge in [0, 0.05) is 0 Å². The molecule has 2 N–H and O–H groups in total. The minimum absolute atomic E-state index is 0.0421. The van der Waals surface area contributed by atoms with Gasteiger partial charge in [0.2, 0.25) is 0 Å². The molecule has 0 aliphatic carbocycles. The number of ether oxygens (including phenoxy) is 2. The smallest absolute Gasteiger partial charge is 0.338 e. The molecule has 6 nitrogen and oxygen atoms in total. The van der Waals surface area contributed by atoms with Crippen molar-refractivity contribution in [1.82, 2.24) is 0 Å². The lowest BCUT2D eigenvalue weighted by atomic mass is 10.2. The molecule has 0 aliphatic rings. The SMILES string of the molecule is CCCCCOC(=O)c1ccc(O)c(Sc2cc(C(=O)OCCCCC)ccc2O)c1. The van der Waals surface area contributed by atoms with E-state index in [-0.39, 0.29) is 11.5 Å². The molecular formula is C24H30O6S. The quantitative estimate of drug-likeness (QED) is 0.308. The summed E-state index contributed by atoms with van der Waals surface area (Å²) in [5.41, 5.74) is 0.616. The van der Waals surface area contributed by atoms with Crippen LogP contribution >= 0.6 is 11.8 Å². The lowest BCUT2D eigenvalue weighted by molar-refractivity contribution is 0.0488. The molecule has 0 aliphatic heterocycles. The third-order valence-corrected chi connectivity index (χ3v) is 5.67. The van der Waals surface area contributed by atoms with E-state index in [1.807, 2.05) is 0 Å². The van der Waals surface area contributed by atoms with Gasteiger partial charge in [-0.2, -0.15) is 0 Å². The van der Waals surface area contributed by atoms with Crippen LogP contribution in [0.5, 0.6) is 11.5 Å². The fraction of sp³-hybridized carbons (Fsp3) is 0.417. The molecule has 0 atom stereocenters. The third kappa shape index (κ3) is 7.83. The van der Waals surface area contributed by atoms with Crippen molar-refractivity contribution in [3.05, 3.63) is 47.5 Å². The molecule has 7 heteroatoms. The predicted molar refractivity (Wildman–Crippen MR) is 120 cm³/mol. The standard InChI is InChI=1S/C24H30O6S/c1-3-5-7-13-29-23(27)17-9-11-19(25)21(15-17)31-22-16-18(10-12-20(22)26)24(28)30-14-8-6-4-2/h9-12,15-16,25-26H,3-8,13-14H2,1-2H3. The zero-order chi connectivity index (χ0) is 22.6. The maximum absolute atomic E-state index is 12.3. The summed E-state index contributed by atoms with van der Waals surface area (Å²) < 4.78 is 10.5. The van der Waals surface area contributed by atoms with Gasteiger partial charge in [0.05, 0.1) is 34.1 Å². The van der Waals surface area contributed by atoms with Crippen LogP contribution in [0.4, 0.5) is 0 Å². The number of benzene rings is 2. The summed E-state index contributed by atoms with van der Waals surface area (Å²) in [5.74, 6) is -1.02. The molecule has 0 spiro atoms. The number of rotatable bonds is 12. The van der Waals surface area contributed by atoms with Crippen LogP contribution in [0.1, 0.15) is 73.1 Å². The molecule has 31 heavy (non-hydrogen) atoms. The van der Waals surface area contributed by atoms with Gasteiger partial charge in [-0.1, -0.05) is 51.3 Å². The summed E-state index contributed by atoms with van der Waals surface area (Å²) in [4.78, 5) is 25.2. The molecule has 0 unspecified atom stereocenters. The number of hydrogen-bond acceptors (Lipinski definition) is 7. The molecule has 2 rings (SSSR count). The summed E-state index contributed by atoms with van der Waals surface area (Å²) in [6.07, 6.45) is 5.65. The molecule has 0 saturated carbocycles. The van der Waals surface area contributed by atoms with Crippen molar-refractivity contribution >= 4 is 23.7 Å². The summed E-state index contributed by atoms with van der Waals surface area (Å²) in [7, 11) is 0. The van der Waals surface area contributed by atoms with Gasteiger partial charge >= 0.3 is 11.9 Å². The molecule has 2 aromatic rings. The topological polar surface area (TPSA) is 93.1 Å². The molecule has 0 fully saturated rings. The maximum Gasteiger partial charge on any atom is 0.338 e. The van der Waals surface area contributed by atoms with Gasteiger partial charge in [-0.25, -0.2) is 9.59 Å². The fourth-order valence-corrected chi connectivity index (χ4v) is 3.72. The second-order valence-electron chi connectivity index (χ2n) is 7.15. The van der Waals surface area contributed by atoms with E-state index in [0.29, 0.717) is 34.1 Å². The Morgan fingerprint density at radius 2 is 1.16 bits per heavy atom. The molecular weight excluding hydrogens is 416 g/mol. The van der Waals surface area contributed by atoms with E-state index < -0.39 is 11.9 Å². The second-order valence-corrected chi connectivity index (χ2v) is 8.24. The zero-order valence-corrected chi connectivity index (χ0v) is 18.9. The summed E-state index contributed by atoms with van der Waals surface area (Å²) in [5, 5.41) is 20.4. The van der Waals surface area contributed by atoms with Gasteiger partial charge in [0.1, 0.15) is 11.5 Å². The normalized spacial score (nSPS) is 10.6. The number of phenolic OH excluding ortho intramolecular Hbond substituents is 2. The highest BCUT2D eigenvalue weighted by atomic mass is 32.2. The second kappa shape index (κ2) is 12.9. The number of carbonyl (C=O) groups excluding carboxylic acids is 2. The summed E-state index contributed by atoms with van der Waals surface area (Å²) >= 11 is 1.05. The monoisotopic (exact) mass is 446 g/mol. The van der Waals surface area contributed by atoms with E-state index in [2.05, 4.69) is 13.8 Å². The van der Waals surface area contributed by atoms with E-state index in [9.17, 15) is 19.8 Å². The van der Waals surface area contributed by atoms with Gasteiger partial charge in [-0.15, -0.1) is 0 Å². The molecule has 0 bridgehead atoms. The van der Waals surface area contributed by atoms with E-state index in [4.69, 9.17) is 9.47 Å². The average Bonchev–Trinajstić information content (AvgIpc) is 2.77. The van der Waals surface area contributed by atoms with Crippen LogP contribution in [0.3, 0.4) is 0 Å². The Hall–Kier alpha value is -2.67. The van der Waals surface area contributed by atoms with Crippen molar-refractivity contribution in [2.24, 2.45) is 0 Å². The van der Waals surface area contributed by atoms with E-state index >= 15 is 0 Å². The Balaban J connectivity index is 2.10. The lowest BCUT2D eigenvalue weighted by Crippen LogP contribution is -2.07. The summed E-state index contributed by atoms with van der Waals surface area (Å²) in [6.45, 7) is 4.84. The van der Waals surface area contributed by atoms with Crippen LogP contribution in [0, 0.1) is 0 Å². The largest absolute Gasteiger partial charge is 0.507 e. The Labute approximate surface area is 187 Å². The first-order valence-electron chi connectivity index (χ1n) is 10.6. The van der Waals surface area contributed by atoms with Gasteiger partial charge < -0.3 is 19.7 Å². The Bertz CT molecular complexity index is 809. The molecule has 0 amide bonds. The van der Waals surface area contributed by atoms with Crippen LogP contribution in [0.25, 0.3) is 0 Å². The van der Waals surface area contributed by atoms with Crippen LogP contribution < -0.4 is 0 Å². The first kappa shape index (κ1) is 24.6. The highest BCUT2D eigenvalue weighted by Crippen LogP contribution is 2.39. The lowest BCUT2D eigenvalue weighted by Gasteiger charge is -2.10. The Morgan fingerprint density at radius 1 is 0.742 bits per heavy atom. The molecule has 0 saturated heterocycles. The van der Waals surface area contributed by atoms with Crippen LogP contribution in [-0.4, -0.2) is 35.4 Å². The van der Waals surface area contributed by atoms with E-state index in [1.165, 1.54) is 36.4 Å². The minimum Gasteiger partial charge on any atom is -0.507 e. The number of carbonyl (C=O) groups is 2.